The molecule has 0 aromatic rings. The van der Waals surface area contributed by atoms with Gasteiger partial charge < -0.3 is 9.80 Å². The van der Waals surface area contributed by atoms with Crippen LogP contribution in [0.1, 0.15) is 182 Å². The van der Waals surface area contributed by atoms with Crippen LogP contribution >= 0.6 is 0 Å². The van der Waals surface area contributed by atoms with Gasteiger partial charge in [0.25, 0.3) is 0 Å². The zero-order valence-electron chi connectivity index (χ0n) is 24.9. The maximum Gasteiger partial charge on any atom is 0.101 e. The molecular formula is C33H66N2. The second-order valence-electron chi connectivity index (χ2n) is 11.8. The molecule has 1 aliphatic heterocycles. The lowest BCUT2D eigenvalue weighted by atomic mass is 10.0. The molecule has 1 heterocycles. The van der Waals surface area contributed by atoms with E-state index in [2.05, 4.69) is 49.9 Å². The highest BCUT2D eigenvalue weighted by Gasteiger charge is 2.26. The fourth-order valence-electron chi connectivity index (χ4n) is 5.71. The van der Waals surface area contributed by atoms with Crippen LogP contribution in [0.4, 0.5) is 0 Å². The van der Waals surface area contributed by atoms with Crippen molar-refractivity contribution in [3.05, 3.63) is 12.4 Å². The van der Waals surface area contributed by atoms with Crippen molar-refractivity contribution in [2.75, 3.05) is 6.54 Å². The molecule has 0 amide bonds. The molecule has 0 fully saturated rings. The van der Waals surface area contributed by atoms with E-state index in [4.69, 9.17) is 0 Å². The zero-order chi connectivity index (χ0) is 25.4. The minimum atomic E-state index is 0.608. The summed E-state index contributed by atoms with van der Waals surface area (Å²) in [5.74, 6) is 0. The molecule has 35 heavy (non-hydrogen) atoms. The van der Waals surface area contributed by atoms with Crippen LogP contribution in [-0.4, -0.2) is 28.6 Å². The fraction of sp³-hybridized carbons (Fsp3) is 0.939. The van der Waals surface area contributed by atoms with E-state index in [1.165, 1.54) is 161 Å². The Morgan fingerprint density at radius 1 is 0.486 bits per heavy atom. The van der Waals surface area contributed by atoms with Crippen LogP contribution in [0.3, 0.4) is 0 Å². The van der Waals surface area contributed by atoms with Gasteiger partial charge in [0.2, 0.25) is 0 Å². The highest BCUT2D eigenvalue weighted by Crippen LogP contribution is 2.25. The molecule has 0 radical (unpaired) electrons. The van der Waals surface area contributed by atoms with Gasteiger partial charge in [-0.05, 0) is 33.1 Å². The summed E-state index contributed by atoms with van der Waals surface area (Å²) in [5.41, 5.74) is 0. The van der Waals surface area contributed by atoms with Gasteiger partial charge in [-0.1, -0.05) is 149 Å². The number of unbranched alkanes of at least 4 members (excludes halogenated alkanes) is 21. The average molecular weight is 491 g/mol. The molecule has 208 valence electrons. The molecule has 0 aromatic heterocycles. The largest absolute Gasteiger partial charge is 0.356 e. The van der Waals surface area contributed by atoms with Crippen LogP contribution in [-0.2, 0) is 0 Å². The molecule has 1 rings (SSSR count). The summed E-state index contributed by atoms with van der Waals surface area (Å²) in [6.45, 7) is 10.6. The van der Waals surface area contributed by atoms with Gasteiger partial charge in [0.15, 0.2) is 0 Å². The zero-order valence-corrected chi connectivity index (χ0v) is 24.9. The topological polar surface area (TPSA) is 6.48 Å². The van der Waals surface area contributed by atoms with Gasteiger partial charge in [0.1, 0.15) is 6.17 Å². The van der Waals surface area contributed by atoms with E-state index in [0.717, 1.165) is 0 Å². The predicted octanol–water partition coefficient (Wildman–Crippen LogP) is 11.2. The summed E-state index contributed by atoms with van der Waals surface area (Å²) in [7, 11) is 0. The van der Waals surface area contributed by atoms with Crippen molar-refractivity contribution in [2.45, 2.75) is 194 Å². The Morgan fingerprint density at radius 2 is 0.857 bits per heavy atom. The van der Waals surface area contributed by atoms with E-state index in [-0.39, 0.29) is 0 Å². The van der Waals surface area contributed by atoms with Gasteiger partial charge in [-0.3, -0.25) is 0 Å². The highest BCUT2D eigenvalue weighted by molar-refractivity contribution is 4.98. The second kappa shape index (κ2) is 23.7. The lowest BCUT2D eigenvalue weighted by molar-refractivity contribution is 0.114. The van der Waals surface area contributed by atoms with Crippen LogP contribution in [0.15, 0.2) is 12.4 Å². The Morgan fingerprint density at radius 3 is 1.26 bits per heavy atom. The van der Waals surface area contributed by atoms with Gasteiger partial charge in [-0.2, -0.15) is 0 Å². The van der Waals surface area contributed by atoms with Crippen molar-refractivity contribution >= 4 is 0 Å². The minimum Gasteiger partial charge on any atom is -0.356 e. The van der Waals surface area contributed by atoms with E-state index in [1.54, 1.807) is 0 Å². The minimum absolute atomic E-state index is 0.608. The summed E-state index contributed by atoms with van der Waals surface area (Å²) in [6, 6.07) is 0.608. The van der Waals surface area contributed by atoms with Crippen molar-refractivity contribution < 1.29 is 0 Å². The van der Waals surface area contributed by atoms with Crippen LogP contribution in [0.2, 0.25) is 0 Å². The molecule has 0 aliphatic carbocycles. The van der Waals surface area contributed by atoms with Crippen LogP contribution in [0, 0.1) is 0 Å². The molecular weight excluding hydrogens is 424 g/mol. The number of nitrogens with zero attached hydrogens (tertiary/aromatic N) is 2. The normalized spacial score (nSPS) is 15.7. The molecule has 2 heteroatoms. The second-order valence-corrected chi connectivity index (χ2v) is 11.8. The third-order valence-corrected chi connectivity index (χ3v) is 8.09. The fourth-order valence-corrected chi connectivity index (χ4v) is 5.71. The van der Waals surface area contributed by atoms with Crippen molar-refractivity contribution in [1.82, 2.24) is 9.80 Å². The summed E-state index contributed by atoms with van der Waals surface area (Å²) in [5, 5.41) is 0. The van der Waals surface area contributed by atoms with Crippen molar-refractivity contribution in [1.29, 1.82) is 0 Å². The highest BCUT2D eigenvalue weighted by atomic mass is 15.4. The Bertz CT molecular complexity index is 458. The first-order valence-corrected chi connectivity index (χ1v) is 16.4. The van der Waals surface area contributed by atoms with E-state index in [1.807, 2.05) is 0 Å². The molecule has 0 spiro atoms. The SMILES string of the molecule is CCCCCCCCCCCCCCCCCN1C=CN(C(C)C)C1CCCCCCCCCC. The first-order chi connectivity index (χ1) is 17.2. The lowest BCUT2D eigenvalue weighted by Gasteiger charge is -2.35. The van der Waals surface area contributed by atoms with Crippen LogP contribution in [0.25, 0.3) is 0 Å². The third-order valence-electron chi connectivity index (χ3n) is 8.09. The Labute approximate surface area is 222 Å². The molecule has 1 unspecified atom stereocenters. The standard InChI is InChI=1S/C33H66N2/c1-5-7-9-11-13-15-16-17-18-19-20-21-23-25-27-29-34-30-31-35(32(3)4)33(34)28-26-24-22-14-12-10-8-6-2/h30-33H,5-29H2,1-4H3. The molecule has 2 nitrogen and oxygen atoms in total. The quantitative estimate of drug-likeness (QED) is 0.111. The predicted molar refractivity (Wildman–Crippen MR) is 159 cm³/mol. The number of rotatable bonds is 26. The number of hydrogen-bond donors (Lipinski definition) is 0. The lowest BCUT2D eigenvalue weighted by Crippen LogP contribution is -2.42. The molecule has 0 saturated heterocycles. The molecule has 0 saturated carbocycles. The van der Waals surface area contributed by atoms with Gasteiger partial charge >= 0.3 is 0 Å². The first kappa shape index (κ1) is 32.4. The smallest absolute Gasteiger partial charge is 0.101 e. The van der Waals surface area contributed by atoms with E-state index >= 15 is 0 Å². The summed E-state index contributed by atoms with van der Waals surface area (Å²) in [6.07, 6.45) is 39.7. The maximum atomic E-state index is 2.66. The van der Waals surface area contributed by atoms with E-state index in [0.29, 0.717) is 12.2 Å². The summed E-state index contributed by atoms with van der Waals surface area (Å²) >= 11 is 0. The molecule has 1 aliphatic rings. The third kappa shape index (κ3) is 17.4. The van der Waals surface area contributed by atoms with Crippen molar-refractivity contribution in [2.24, 2.45) is 0 Å². The van der Waals surface area contributed by atoms with Crippen LogP contribution < -0.4 is 0 Å². The average Bonchev–Trinajstić information content (AvgIpc) is 3.26. The summed E-state index contributed by atoms with van der Waals surface area (Å²) in [4.78, 5) is 5.26. The van der Waals surface area contributed by atoms with Gasteiger partial charge in [0.05, 0.1) is 0 Å². The van der Waals surface area contributed by atoms with Crippen molar-refractivity contribution in [3.8, 4) is 0 Å². The van der Waals surface area contributed by atoms with E-state index in [9.17, 15) is 0 Å². The Balaban J connectivity index is 2.01. The Hall–Kier alpha value is -0.660. The molecule has 1 atom stereocenters. The van der Waals surface area contributed by atoms with Crippen molar-refractivity contribution in [3.63, 3.8) is 0 Å². The monoisotopic (exact) mass is 491 g/mol. The Kier molecular flexibility index (Phi) is 21.9. The molecule has 0 N–H and O–H groups in total. The number of hydrogen-bond acceptors (Lipinski definition) is 2. The maximum absolute atomic E-state index is 2.66. The molecule has 0 aromatic carbocycles. The van der Waals surface area contributed by atoms with Gasteiger partial charge in [-0.25, -0.2) is 0 Å². The van der Waals surface area contributed by atoms with Gasteiger partial charge in [-0.15, -0.1) is 0 Å². The van der Waals surface area contributed by atoms with Crippen LogP contribution in [0.5, 0.6) is 0 Å². The summed E-state index contributed by atoms with van der Waals surface area (Å²) < 4.78 is 0. The first-order valence-electron chi connectivity index (χ1n) is 16.4. The molecule has 0 bridgehead atoms. The van der Waals surface area contributed by atoms with E-state index < -0.39 is 0 Å². The van der Waals surface area contributed by atoms with Gasteiger partial charge in [0, 0.05) is 25.0 Å².